The van der Waals surface area contributed by atoms with Crippen molar-refractivity contribution in [1.82, 2.24) is 0 Å². The van der Waals surface area contributed by atoms with Gasteiger partial charge in [-0.25, -0.2) is 9.59 Å². The molecule has 0 amide bonds. The van der Waals surface area contributed by atoms with Gasteiger partial charge in [-0.3, -0.25) is 20.2 Å². The Morgan fingerprint density at radius 2 is 1.23 bits per heavy atom. The summed E-state index contributed by atoms with van der Waals surface area (Å²) in [4.78, 5) is 47.3. The third kappa shape index (κ3) is 12.4. The molecular formula is C59H70Cl2N2NaO10. The number of nitro groups is 2. The summed E-state index contributed by atoms with van der Waals surface area (Å²) in [6, 6.07) is 17.5. The summed E-state index contributed by atoms with van der Waals surface area (Å²) >= 11 is 13.8. The minimum Gasteiger partial charge on any atom is -0.486 e. The number of hydrogen-bond donors (Lipinski definition) is 2. The first-order valence-electron chi connectivity index (χ1n) is 26.3. The maximum absolute atomic E-state index is 12.9. The minimum absolute atomic E-state index is 0. The smallest absolute Gasteiger partial charge is 0.339 e. The number of fused-ring (bicyclic) bond motifs is 5. The summed E-state index contributed by atoms with van der Waals surface area (Å²) in [5, 5.41) is 43.5. The average molecular weight is 1060 g/mol. The Bertz CT molecular complexity index is 2600. The summed E-state index contributed by atoms with van der Waals surface area (Å²) in [7, 11) is 0. The van der Waals surface area contributed by atoms with Gasteiger partial charge in [-0.1, -0.05) is 83.2 Å². The van der Waals surface area contributed by atoms with Crippen molar-refractivity contribution in [3.63, 3.8) is 0 Å². The number of carboxylic acid groups (broad SMARTS) is 2. The largest absolute Gasteiger partial charge is 0.486 e. The molecule has 4 aliphatic rings. The molecule has 0 aromatic heterocycles. The van der Waals surface area contributed by atoms with Gasteiger partial charge in [0.1, 0.15) is 24.3 Å². The van der Waals surface area contributed by atoms with Gasteiger partial charge in [-0.2, -0.15) is 0 Å². The van der Waals surface area contributed by atoms with Gasteiger partial charge in [0.05, 0.1) is 19.9 Å². The third-order valence-electron chi connectivity index (χ3n) is 18.1. The molecule has 0 aliphatic heterocycles. The predicted molar refractivity (Wildman–Crippen MR) is 290 cm³/mol. The first-order chi connectivity index (χ1) is 34.8. The molecule has 4 aromatic rings. The molecule has 12 nitrogen and oxygen atoms in total. The Morgan fingerprint density at radius 1 is 0.716 bits per heavy atom. The molecule has 2 N–H and O–H groups in total. The molecule has 8 rings (SSSR count). The number of carboxylic acids is 2. The summed E-state index contributed by atoms with van der Waals surface area (Å²) < 4.78 is 12.0. The Labute approximate surface area is 467 Å². The van der Waals surface area contributed by atoms with Crippen molar-refractivity contribution in [3.05, 3.63) is 143 Å². The maximum Gasteiger partial charge on any atom is 0.339 e. The zero-order valence-electron chi connectivity index (χ0n) is 43.7. The van der Waals surface area contributed by atoms with Crippen LogP contribution < -0.4 is 9.47 Å². The number of nitrogens with zero attached hydrogens (tertiary/aromatic N) is 2. The van der Waals surface area contributed by atoms with Gasteiger partial charge >= 0.3 is 11.9 Å². The standard InChI is InChI=1S/C59H70Cl2N2O10.Na/c1-35(2)8-6-9-36(3)49-22-23-50-46-21-16-42-28-37(24-26-58(42,4)51(46)25-27-59(49,50)5)10-7-11-45(40-29-47(56(64)65)54(52(60)31-40)72-33-38-12-17-43(18-13-38)62(68)69)41-30-48(57(66)67)55(53(61)32-41)73-34-39-14-19-44(20-15-39)63(70)71;/h11-15,17-20,29-32,35-37,42,46,49-51H,6-10,16,21-28,33-34H2,1-5H3,(H,64,65)(H,66,67);/t36?,37-,42?,46?,49+,50?,51?,58-,59+;/m0./s1. The van der Waals surface area contributed by atoms with Gasteiger partial charge in [0.2, 0.25) is 0 Å². The monoisotopic (exact) mass is 1060 g/mol. The third-order valence-corrected chi connectivity index (χ3v) is 18.7. The molecular weight excluding hydrogens is 991 g/mol. The van der Waals surface area contributed by atoms with Crippen LogP contribution in [0.4, 0.5) is 11.4 Å². The second-order valence-corrected chi connectivity index (χ2v) is 23.5. The fourth-order valence-electron chi connectivity index (χ4n) is 14.3. The van der Waals surface area contributed by atoms with Crippen molar-refractivity contribution in [2.24, 2.45) is 58.2 Å². The van der Waals surface area contributed by atoms with Crippen LogP contribution in [-0.4, -0.2) is 61.6 Å². The number of allylic oxidation sites excluding steroid dienone is 1. The van der Waals surface area contributed by atoms with Crippen molar-refractivity contribution in [2.45, 2.75) is 138 Å². The Morgan fingerprint density at radius 3 is 1.73 bits per heavy atom. The molecule has 4 aromatic carbocycles. The first kappa shape index (κ1) is 57.2. The number of aromatic carboxylic acids is 2. The first-order valence-corrected chi connectivity index (χ1v) is 27.1. The Kier molecular flexibility index (Phi) is 18.8. The number of halogens is 2. The molecule has 74 heavy (non-hydrogen) atoms. The van der Waals surface area contributed by atoms with Crippen LogP contribution in [0.15, 0.2) is 78.9 Å². The van der Waals surface area contributed by atoms with Crippen molar-refractivity contribution in [1.29, 1.82) is 0 Å². The van der Waals surface area contributed by atoms with E-state index in [1.54, 1.807) is 12.1 Å². The average Bonchev–Trinajstić information content (AvgIpc) is 3.71. The van der Waals surface area contributed by atoms with E-state index in [1.807, 2.05) is 6.08 Å². The van der Waals surface area contributed by atoms with Crippen LogP contribution in [0.3, 0.4) is 0 Å². The van der Waals surface area contributed by atoms with E-state index in [0.717, 1.165) is 48.3 Å². The SMILES string of the molecule is CC(C)CCCC(C)[C@H]1CCC2C3CCC4C[C@@H](CCC=C(c5cc(Cl)c(OCc6ccc([N+](=O)[O-])cc6)c(C(=O)O)c5)c5cc(Cl)c(OCc6ccc([N+](=O)[O-])cc6)c(C(=O)O)c5)CC[C@]4(C)C3CC[C@@]21C.[Na]. The van der Waals surface area contributed by atoms with Crippen LogP contribution >= 0.6 is 23.2 Å². The van der Waals surface area contributed by atoms with E-state index in [0.29, 0.717) is 56.9 Å². The molecule has 4 aliphatic carbocycles. The van der Waals surface area contributed by atoms with Crippen LogP contribution in [0.25, 0.3) is 5.57 Å². The van der Waals surface area contributed by atoms with E-state index in [2.05, 4.69) is 34.6 Å². The topological polar surface area (TPSA) is 179 Å². The fraction of sp³-hybridized carbons (Fsp3) is 0.525. The molecule has 1 radical (unpaired) electrons. The molecule has 5 unspecified atom stereocenters. The van der Waals surface area contributed by atoms with E-state index >= 15 is 0 Å². The second-order valence-electron chi connectivity index (χ2n) is 22.7. The number of nitro benzene ring substituents is 2. The van der Waals surface area contributed by atoms with Gasteiger partial charge < -0.3 is 19.7 Å². The van der Waals surface area contributed by atoms with Crippen LogP contribution in [0, 0.1) is 78.4 Å². The molecule has 0 saturated heterocycles. The quantitative estimate of drug-likeness (QED) is 0.0491. The molecule has 4 saturated carbocycles. The normalized spacial score (nSPS) is 25.4. The summed E-state index contributed by atoms with van der Waals surface area (Å²) in [5.74, 6) is 3.20. The number of ether oxygens (including phenoxy) is 2. The van der Waals surface area contributed by atoms with Crippen molar-refractivity contribution in [2.75, 3.05) is 0 Å². The van der Waals surface area contributed by atoms with E-state index in [9.17, 15) is 40.0 Å². The number of non-ortho nitro benzene ring substituents is 2. The fourth-order valence-corrected chi connectivity index (χ4v) is 14.9. The van der Waals surface area contributed by atoms with Crippen molar-refractivity contribution < 1.29 is 39.1 Å². The van der Waals surface area contributed by atoms with Gasteiger partial charge in [0.25, 0.3) is 11.4 Å². The minimum atomic E-state index is -1.30. The number of benzene rings is 4. The van der Waals surface area contributed by atoms with Crippen LogP contribution in [0.2, 0.25) is 10.0 Å². The second kappa shape index (κ2) is 24.3. The summed E-state index contributed by atoms with van der Waals surface area (Å²) in [6.45, 7) is 12.3. The Hall–Kier alpha value is -4.46. The van der Waals surface area contributed by atoms with E-state index in [-0.39, 0.29) is 86.8 Å². The van der Waals surface area contributed by atoms with E-state index in [1.165, 1.54) is 131 Å². The van der Waals surface area contributed by atoms with Crippen molar-refractivity contribution in [3.8, 4) is 11.5 Å². The van der Waals surface area contributed by atoms with E-state index < -0.39 is 21.8 Å². The van der Waals surface area contributed by atoms with E-state index in [4.69, 9.17) is 32.7 Å². The van der Waals surface area contributed by atoms with Gasteiger partial charge in [0, 0.05) is 53.8 Å². The van der Waals surface area contributed by atoms with Gasteiger partial charge in [0.15, 0.2) is 11.5 Å². The molecule has 0 spiro atoms. The molecule has 15 heteroatoms. The Balaban J connectivity index is 0.00000800. The summed E-state index contributed by atoms with van der Waals surface area (Å²) in [5.41, 5.74) is 2.64. The van der Waals surface area contributed by atoms with Gasteiger partial charge in [-0.15, -0.1) is 0 Å². The zero-order valence-corrected chi connectivity index (χ0v) is 47.3. The number of carbonyl (C=O) groups is 2. The molecule has 9 atom stereocenters. The molecule has 4 fully saturated rings. The zero-order chi connectivity index (χ0) is 52.4. The molecule has 0 heterocycles. The predicted octanol–water partition coefficient (Wildman–Crippen LogP) is 15.9. The number of hydrogen-bond acceptors (Lipinski definition) is 8. The molecule has 0 bridgehead atoms. The van der Waals surface area contributed by atoms with Crippen molar-refractivity contribution >= 4 is 81.6 Å². The van der Waals surface area contributed by atoms with Crippen LogP contribution in [-0.2, 0) is 13.2 Å². The van der Waals surface area contributed by atoms with Gasteiger partial charge in [-0.05, 0) is 205 Å². The maximum atomic E-state index is 12.9. The molecule has 391 valence electrons. The van der Waals surface area contributed by atoms with Crippen LogP contribution in [0.5, 0.6) is 11.5 Å². The van der Waals surface area contributed by atoms with Crippen LogP contribution in [0.1, 0.15) is 167 Å². The summed E-state index contributed by atoms with van der Waals surface area (Å²) in [6.07, 6.45) is 19.2. The number of rotatable bonds is 20.